The quantitative estimate of drug-likeness (QED) is 0.520. The molecule has 1 aliphatic rings. The molecule has 0 saturated carbocycles. The predicted molar refractivity (Wildman–Crippen MR) is 110 cm³/mol. The Kier molecular flexibility index (Phi) is 5.51. The van der Waals surface area contributed by atoms with Gasteiger partial charge in [0.25, 0.3) is 5.91 Å². The molecule has 1 saturated heterocycles. The van der Waals surface area contributed by atoms with Crippen LogP contribution < -0.4 is 0 Å². The molecule has 0 spiro atoms. The first-order valence-electron chi connectivity index (χ1n) is 8.11. The minimum Gasteiger partial charge on any atom is -0.286 e. The Labute approximate surface area is 158 Å². The Hall–Kier alpha value is -2.17. The van der Waals surface area contributed by atoms with Crippen LogP contribution in [0.5, 0.6) is 0 Å². The summed E-state index contributed by atoms with van der Waals surface area (Å²) in [5, 5.41) is 0. The molecule has 0 N–H and O–H groups in total. The number of carbonyl (C=O) groups excluding carboxylic acids is 1. The minimum absolute atomic E-state index is 0.0211. The highest BCUT2D eigenvalue weighted by atomic mass is 32.2. The molecule has 0 bridgehead atoms. The molecule has 1 atom stereocenters. The first-order chi connectivity index (χ1) is 12.1. The molecule has 2 nitrogen and oxygen atoms in total. The van der Waals surface area contributed by atoms with E-state index in [4.69, 9.17) is 12.2 Å². The van der Waals surface area contributed by atoms with E-state index in [2.05, 4.69) is 6.08 Å². The second kappa shape index (κ2) is 7.81. The molecule has 4 heteroatoms. The van der Waals surface area contributed by atoms with E-state index >= 15 is 0 Å². The molecule has 0 aromatic heterocycles. The zero-order valence-corrected chi connectivity index (χ0v) is 15.8. The van der Waals surface area contributed by atoms with Crippen LogP contribution in [-0.4, -0.2) is 15.1 Å². The van der Waals surface area contributed by atoms with Gasteiger partial charge in [0.1, 0.15) is 4.32 Å². The third-order valence-corrected chi connectivity index (χ3v) is 5.38. The van der Waals surface area contributed by atoms with Crippen molar-refractivity contribution in [2.45, 2.75) is 19.9 Å². The van der Waals surface area contributed by atoms with Crippen LogP contribution in [0, 0.1) is 0 Å². The van der Waals surface area contributed by atoms with E-state index in [1.807, 2.05) is 80.6 Å². The first kappa shape index (κ1) is 17.6. The highest BCUT2D eigenvalue weighted by molar-refractivity contribution is 8.26. The van der Waals surface area contributed by atoms with Crippen LogP contribution in [0.4, 0.5) is 0 Å². The maximum atomic E-state index is 12.8. The Morgan fingerprint density at radius 1 is 1.08 bits per heavy atom. The van der Waals surface area contributed by atoms with Gasteiger partial charge in [0, 0.05) is 0 Å². The average Bonchev–Trinajstić information content (AvgIpc) is 2.89. The van der Waals surface area contributed by atoms with Crippen molar-refractivity contribution in [1.29, 1.82) is 0 Å². The van der Waals surface area contributed by atoms with E-state index in [1.165, 1.54) is 11.8 Å². The van der Waals surface area contributed by atoms with Crippen LogP contribution in [0.2, 0.25) is 0 Å². The number of hydrogen-bond acceptors (Lipinski definition) is 3. The van der Waals surface area contributed by atoms with Gasteiger partial charge in [-0.2, -0.15) is 0 Å². The Morgan fingerprint density at radius 2 is 1.68 bits per heavy atom. The summed E-state index contributed by atoms with van der Waals surface area (Å²) >= 11 is 6.83. The van der Waals surface area contributed by atoms with Gasteiger partial charge in [-0.1, -0.05) is 90.7 Å². The lowest BCUT2D eigenvalue weighted by molar-refractivity contribution is -0.123. The van der Waals surface area contributed by atoms with E-state index in [0.717, 1.165) is 16.7 Å². The molecule has 3 rings (SSSR count). The van der Waals surface area contributed by atoms with Gasteiger partial charge in [-0.3, -0.25) is 9.69 Å². The molecular formula is C21H19NOS2. The topological polar surface area (TPSA) is 20.3 Å². The SMILES string of the molecule is CC(=C\c1ccccc1)/C=C1/SC(=S)N(C(C)c2ccccc2)C1=O. The van der Waals surface area contributed by atoms with Crippen molar-refractivity contribution in [3.8, 4) is 0 Å². The van der Waals surface area contributed by atoms with Gasteiger partial charge in [0.15, 0.2) is 0 Å². The molecule has 1 aliphatic heterocycles. The maximum absolute atomic E-state index is 12.8. The lowest BCUT2D eigenvalue weighted by Gasteiger charge is -2.23. The number of benzene rings is 2. The number of carbonyl (C=O) groups is 1. The Bertz CT molecular complexity index is 841. The fourth-order valence-electron chi connectivity index (χ4n) is 2.75. The predicted octanol–water partition coefficient (Wildman–Crippen LogP) is 5.60. The van der Waals surface area contributed by atoms with Crippen LogP contribution >= 0.6 is 24.0 Å². The highest BCUT2D eigenvalue weighted by Crippen LogP contribution is 2.37. The molecule has 1 fully saturated rings. The van der Waals surface area contributed by atoms with Crippen LogP contribution in [0.1, 0.15) is 31.0 Å². The van der Waals surface area contributed by atoms with E-state index in [0.29, 0.717) is 9.23 Å². The summed E-state index contributed by atoms with van der Waals surface area (Å²) in [4.78, 5) is 15.2. The molecule has 25 heavy (non-hydrogen) atoms. The molecular weight excluding hydrogens is 346 g/mol. The second-order valence-corrected chi connectivity index (χ2v) is 7.61. The molecule has 0 aliphatic carbocycles. The molecule has 2 aromatic carbocycles. The highest BCUT2D eigenvalue weighted by Gasteiger charge is 2.35. The summed E-state index contributed by atoms with van der Waals surface area (Å²) in [6.45, 7) is 4.01. The fourth-order valence-corrected chi connectivity index (χ4v) is 4.22. The van der Waals surface area contributed by atoms with Gasteiger partial charge in [0.2, 0.25) is 0 Å². The third-order valence-electron chi connectivity index (χ3n) is 4.05. The van der Waals surface area contributed by atoms with E-state index in [1.54, 1.807) is 4.90 Å². The summed E-state index contributed by atoms with van der Waals surface area (Å²) in [7, 11) is 0. The summed E-state index contributed by atoms with van der Waals surface area (Å²) in [6, 6.07) is 20.0. The van der Waals surface area contributed by atoms with Gasteiger partial charge in [-0.15, -0.1) is 0 Å². The summed E-state index contributed by atoms with van der Waals surface area (Å²) < 4.78 is 0.611. The first-order valence-corrected chi connectivity index (χ1v) is 9.34. The monoisotopic (exact) mass is 365 g/mol. The largest absolute Gasteiger partial charge is 0.286 e. The number of thioether (sulfide) groups is 1. The standard InChI is InChI=1S/C21H19NOS2/c1-15(13-17-9-5-3-6-10-17)14-19-20(23)22(21(24)25-19)16(2)18-11-7-4-8-12-18/h3-14,16H,1-2H3/b15-13+,19-14+. The van der Waals surface area contributed by atoms with E-state index < -0.39 is 0 Å². The zero-order chi connectivity index (χ0) is 17.8. The zero-order valence-electron chi connectivity index (χ0n) is 14.2. The van der Waals surface area contributed by atoms with Gasteiger partial charge in [0.05, 0.1) is 10.9 Å². The molecule has 1 amide bonds. The number of thiocarbonyl (C=S) groups is 1. The van der Waals surface area contributed by atoms with Crippen molar-refractivity contribution in [2.75, 3.05) is 0 Å². The fraction of sp³-hybridized carbons (Fsp3) is 0.143. The number of rotatable bonds is 4. The van der Waals surface area contributed by atoms with E-state index in [-0.39, 0.29) is 11.9 Å². The molecule has 1 unspecified atom stereocenters. The summed E-state index contributed by atoms with van der Waals surface area (Å²) in [5.41, 5.74) is 3.22. The van der Waals surface area contributed by atoms with E-state index in [9.17, 15) is 4.79 Å². The average molecular weight is 366 g/mol. The van der Waals surface area contributed by atoms with Crippen molar-refractivity contribution in [3.63, 3.8) is 0 Å². The van der Waals surface area contributed by atoms with Crippen LogP contribution in [-0.2, 0) is 4.79 Å². The number of amides is 1. The van der Waals surface area contributed by atoms with Gasteiger partial charge in [-0.25, -0.2) is 0 Å². The number of nitrogens with zero attached hydrogens (tertiary/aromatic N) is 1. The Morgan fingerprint density at radius 3 is 2.32 bits per heavy atom. The van der Waals surface area contributed by atoms with Gasteiger partial charge < -0.3 is 0 Å². The lowest BCUT2D eigenvalue weighted by Crippen LogP contribution is -2.31. The third kappa shape index (κ3) is 4.09. The Balaban J connectivity index is 1.82. The molecule has 1 heterocycles. The van der Waals surface area contributed by atoms with Crippen LogP contribution in [0.3, 0.4) is 0 Å². The van der Waals surface area contributed by atoms with Crippen molar-refractivity contribution in [1.82, 2.24) is 4.90 Å². The summed E-state index contributed by atoms with van der Waals surface area (Å²) in [6.07, 6.45) is 3.98. The normalized spacial score (nSPS) is 18.1. The second-order valence-electron chi connectivity index (χ2n) is 5.94. The van der Waals surface area contributed by atoms with Crippen molar-refractivity contribution in [2.24, 2.45) is 0 Å². The summed E-state index contributed by atoms with van der Waals surface area (Å²) in [5.74, 6) is -0.0211. The minimum atomic E-state index is -0.0713. The van der Waals surface area contributed by atoms with Crippen molar-refractivity contribution in [3.05, 3.63) is 88.3 Å². The van der Waals surface area contributed by atoms with Gasteiger partial charge in [-0.05, 0) is 36.6 Å². The van der Waals surface area contributed by atoms with Crippen LogP contribution in [0.15, 0.2) is 77.2 Å². The van der Waals surface area contributed by atoms with Crippen molar-refractivity contribution >= 4 is 40.3 Å². The molecule has 2 aromatic rings. The van der Waals surface area contributed by atoms with Crippen molar-refractivity contribution < 1.29 is 4.79 Å². The lowest BCUT2D eigenvalue weighted by atomic mass is 10.1. The van der Waals surface area contributed by atoms with Crippen LogP contribution in [0.25, 0.3) is 6.08 Å². The molecule has 0 radical (unpaired) electrons. The maximum Gasteiger partial charge on any atom is 0.266 e. The number of hydrogen-bond donors (Lipinski definition) is 0. The van der Waals surface area contributed by atoms with Gasteiger partial charge >= 0.3 is 0 Å². The number of allylic oxidation sites excluding steroid dienone is 2. The smallest absolute Gasteiger partial charge is 0.266 e. The molecule has 126 valence electrons.